The van der Waals surface area contributed by atoms with Crippen LogP contribution in [0, 0.1) is 0 Å². The molecule has 12 rings (SSSR count). The van der Waals surface area contributed by atoms with Gasteiger partial charge >= 0.3 is 11.9 Å². The molecule has 0 radical (unpaired) electrons. The third-order valence-electron chi connectivity index (χ3n) is 15.5. The largest absolute Gasteiger partial charge is 0.478 e. The predicted molar refractivity (Wildman–Crippen MR) is 318 cm³/mol. The summed E-state index contributed by atoms with van der Waals surface area (Å²) in [7, 11) is 1.42. The van der Waals surface area contributed by atoms with Gasteiger partial charge in [-0.3, -0.25) is 9.80 Å². The van der Waals surface area contributed by atoms with Crippen LogP contribution in [0.3, 0.4) is 0 Å². The fourth-order valence-corrected chi connectivity index (χ4v) is 14.6. The van der Waals surface area contributed by atoms with Gasteiger partial charge in [0, 0.05) is 98.5 Å². The molecule has 2 atom stereocenters. The molecule has 14 nitrogen and oxygen atoms in total. The summed E-state index contributed by atoms with van der Waals surface area (Å²) in [5, 5.41) is 22.7. The Hall–Kier alpha value is -5.30. The number of carboxylic acid groups (broad SMARTS) is 1. The van der Waals surface area contributed by atoms with Gasteiger partial charge in [-0.2, -0.15) is 0 Å². The number of carbonyl (C=O) groups is 2. The van der Waals surface area contributed by atoms with Gasteiger partial charge in [-0.05, 0) is 111 Å². The lowest BCUT2D eigenvalue weighted by Crippen LogP contribution is -2.51. The van der Waals surface area contributed by atoms with E-state index in [1.54, 1.807) is 34.8 Å². The summed E-state index contributed by atoms with van der Waals surface area (Å²) >= 11 is 29.5. The van der Waals surface area contributed by atoms with Gasteiger partial charge in [-0.25, -0.2) is 19.6 Å². The molecule has 2 aliphatic carbocycles. The molecule has 4 aromatic carbocycles. The smallest absolute Gasteiger partial charge is 0.337 e. The van der Waals surface area contributed by atoms with Crippen molar-refractivity contribution in [3.8, 4) is 22.5 Å². The minimum atomic E-state index is -0.910. The van der Waals surface area contributed by atoms with Gasteiger partial charge in [0.25, 0.3) is 0 Å². The van der Waals surface area contributed by atoms with Crippen molar-refractivity contribution in [2.45, 2.75) is 116 Å². The fraction of sp³-hybridized carbons (Fsp3) is 0.424. The van der Waals surface area contributed by atoms with Crippen molar-refractivity contribution in [2.75, 3.05) is 56.2 Å². The second-order valence-electron chi connectivity index (χ2n) is 22.0. The zero-order valence-electron chi connectivity index (χ0n) is 45.1. The maximum Gasteiger partial charge on any atom is 0.337 e. The van der Waals surface area contributed by atoms with Crippen LogP contribution in [0.1, 0.15) is 145 Å². The highest BCUT2D eigenvalue weighted by molar-refractivity contribution is 7.22. The summed E-state index contributed by atoms with van der Waals surface area (Å²) in [4.78, 5) is 43.7. The number of nitrogens with zero attached hydrogens (tertiary/aromatic N) is 8. The molecule has 4 fully saturated rings. The molecule has 4 aliphatic rings. The van der Waals surface area contributed by atoms with E-state index < -0.39 is 5.97 Å². The number of aromatic carboxylic acids is 1. The van der Waals surface area contributed by atoms with Crippen molar-refractivity contribution in [1.82, 2.24) is 30.1 Å². The zero-order chi connectivity index (χ0) is 55.6. The molecule has 0 spiro atoms. The summed E-state index contributed by atoms with van der Waals surface area (Å²) < 4.78 is 18.7. The van der Waals surface area contributed by atoms with Crippen molar-refractivity contribution in [1.29, 1.82) is 0 Å². The highest BCUT2D eigenvalue weighted by atomic mass is 35.5. The maximum atomic E-state index is 12.3. The Morgan fingerprint density at radius 2 is 1.05 bits per heavy atom. The summed E-state index contributed by atoms with van der Waals surface area (Å²) in [5.74, 6) is 1.94. The molecule has 2 aliphatic heterocycles. The minimum Gasteiger partial charge on any atom is -0.478 e. The summed E-state index contributed by atoms with van der Waals surface area (Å²) in [6.45, 7) is 19.4. The third-order valence-corrected chi connectivity index (χ3v) is 18.9. The average molecular weight is 1190 g/mol. The molecule has 414 valence electrons. The van der Waals surface area contributed by atoms with Crippen molar-refractivity contribution < 1.29 is 28.5 Å². The van der Waals surface area contributed by atoms with Gasteiger partial charge < -0.3 is 28.7 Å². The Labute approximate surface area is 487 Å². The number of benzene rings is 4. The van der Waals surface area contributed by atoms with E-state index in [1.807, 2.05) is 48.5 Å². The number of aromatic nitrogens is 4. The van der Waals surface area contributed by atoms with Crippen molar-refractivity contribution in [2.24, 2.45) is 0 Å². The van der Waals surface area contributed by atoms with Crippen molar-refractivity contribution in [3.63, 3.8) is 0 Å². The maximum absolute atomic E-state index is 12.3. The van der Waals surface area contributed by atoms with Gasteiger partial charge in [0.05, 0.1) is 58.8 Å². The van der Waals surface area contributed by atoms with Crippen molar-refractivity contribution >= 4 is 112 Å². The molecule has 0 bridgehead atoms. The first kappa shape index (κ1) is 55.6. The second-order valence-corrected chi connectivity index (χ2v) is 25.6. The SMILES string of the molecule is CC(C)c1cc(C(=O)O)cc2sc(N3CCN(Cc4c(-c5c(Cl)cccc5Cl)noc4C4CC4)C[C@H]3C)nc12.COC(=O)c1cc(C(C)C)c2nc(N3CCN(Cc4c(-c5c(Cl)cccc5Cl)noc4C4CC4)C[C@H]3C)sc2c1. The molecule has 1 N–H and O–H groups in total. The summed E-state index contributed by atoms with van der Waals surface area (Å²) in [6, 6.07) is 18.8. The van der Waals surface area contributed by atoms with E-state index in [1.165, 1.54) is 7.11 Å². The Morgan fingerprint density at radius 3 is 1.42 bits per heavy atom. The van der Waals surface area contributed by atoms with E-state index in [9.17, 15) is 14.7 Å². The highest BCUT2D eigenvalue weighted by Crippen LogP contribution is 2.48. The van der Waals surface area contributed by atoms with Crippen LogP contribution in [-0.4, -0.2) is 106 Å². The van der Waals surface area contributed by atoms with E-state index >= 15 is 0 Å². The van der Waals surface area contributed by atoms with Crippen LogP contribution in [0.4, 0.5) is 10.3 Å². The number of halogens is 4. The molecule has 6 heterocycles. The quantitative estimate of drug-likeness (QED) is 0.103. The Balaban J connectivity index is 0.000000167. The summed E-state index contributed by atoms with van der Waals surface area (Å²) in [5.41, 5.74) is 9.94. The lowest BCUT2D eigenvalue weighted by atomic mass is 9.99. The molecule has 4 aromatic heterocycles. The number of thiazole rings is 2. The van der Waals surface area contributed by atoms with Gasteiger partial charge in [0.15, 0.2) is 10.3 Å². The number of ether oxygens (including phenoxy) is 1. The fourth-order valence-electron chi connectivity index (χ4n) is 11.1. The van der Waals surface area contributed by atoms with Gasteiger partial charge in [-0.15, -0.1) is 0 Å². The molecular formula is C59H62Cl4N8O6S2. The first-order valence-electron chi connectivity index (χ1n) is 27.0. The molecule has 0 unspecified atom stereocenters. The number of hydrogen-bond acceptors (Lipinski definition) is 15. The van der Waals surface area contributed by atoms with Crippen molar-refractivity contribution in [3.05, 3.63) is 126 Å². The third kappa shape index (κ3) is 11.4. The molecule has 2 saturated carbocycles. The molecule has 20 heteroatoms. The number of anilines is 2. The van der Waals surface area contributed by atoms with Crippen LogP contribution in [0.2, 0.25) is 20.1 Å². The predicted octanol–water partition coefficient (Wildman–Crippen LogP) is 15.4. The van der Waals surface area contributed by atoms with E-state index in [4.69, 9.17) is 70.2 Å². The zero-order valence-corrected chi connectivity index (χ0v) is 49.8. The second kappa shape index (κ2) is 22.9. The number of methoxy groups -OCH3 is 1. The first-order chi connectivity index (χ1) is 38.0. The molecule has 79 heavy (non-hydrogen) atoms. The van der Waals surface area contributed by atoms with Crippen LogP contribution < -0.4 is 9.80 Å². The number of carboxylic acids is 1. The Kier molecular flexibility index (Phi) is 16.1. The van der Waals surface area contributed by atoms with Gasteiger partial charge in [0.1, 0.15) is 22.9 Å². The number of hydrogen-bond donors (Lipinski definition) is 1. The lowest BCUT2D eigenvalue weighted by molar-refractivity contribution is 0.0599. The van der Waals surface area contributed by atoms with Gasteiger partial charge in [-0.1, -0.05) is 119 Å². The van der Waals surface area contributed by atoms with Crippen LogP contribution >= 0.6 is 69.1 Å². The van der Waals surface area contributed by atoms with E-state index in [0.29, 0.717) is 49.6 Å². The molecule has 2 saturated heterocycles. The monoisotopic (exact) mass is 1180 g/mol. The average Bonchev–Trinajstić information content (AvgIpc) is 4.46. The number of piperazine rings is 2. The normalized spacial score (nSPS) is 18.3. The number of esters is 1. The standard InChI is InChI=1S/C30H32Cl2N4O3S.C29H30Cl2N4O3S/c1-16(2)20-12-19(29(37)38-4)13-24-26(20)33-30(40-24)36-11-10-35(14-17(36)3)15-21-27(34-39-28(21)18-8-9-18)25-22(31)6-5-7-23(25)32;1-15(2)19-11-18(28(36)37)12-23-25(19)32-29(39-23)35-10-9-34(13-16(35)3)14-20-26(33-38-27(20)17-7-8-17)24-21(30)5-4-6-22(24)31/h5-7,12-13,16-18H,8-11,14-15H2,1-4H3;4-6,11-12,15-17H,7-10,13-14H2,1-3H3,(H,36,37)/t17-;16-/m11/s1. The van der Waals surface area contributed by atoms with Gasteiger partial charge in [0.2, 0.25) is 0 Å². The van der Waals surface area contributed by atoms with Crippen LogP contribution in [0.25, 0.3) is 42.9 Å². The van der Waals surface area contributed by atoms with Crippen LogP contribution in [0.5, 0.6) is 0 Å². The topological polar surface area (TPSA) is 154 Å². The Morgan fingerprint density at radius 1 is 0.646 bits per heavy atom. The molecular weight excluding hydrogens is 1120 g/mol. The number of fused-ring (bicyclic) bond motifs is 2. The van der Waals surface area contributed by atoms with E-state index in [0.717, 1.165) is 158 Å². The number of rotatable bonds is 14. The molecule has 8 aromatic rings. The van der Waals surface area contributed by atoms with E-state index in [2.05, 4.69) is 71.5 Å². The highest BCUT2D eigenvalue weighted by Gasteiger charge is 2.38. The Bertz CT molecular complexity index is 3570. The number of carbonyl (C=O) groups excluding carboxylic acids is 1. The van der Waals surface area contributed by atoms with Crippen LogP contribution in [-0.2, 0) is 17.8 Å². The lowest BCUT2D eigenvalue weighted by Gasteiger charge is -2.39. The summed E-state index contributed by atoms with van der Waals surface area (Å²) in [6.07, 6.45) is 4.47. The van der Waals surface area contributed by atoms with E-state index in [-0.39, 0.29) is 29.9 Å². The first-order valence-corrected chi connectivity index (χ1v) is 30.1. The van der Waals surface area contributed by atoms with Crippen LogP contribution in [0.15, 0.2) is 69.7 Å². The minimum absolute atomic E-state index is 0.182. The molecule has 0 amide bonds.